The fourth-order valence-electron chi connectivity index (χ4n) is 2.41. The maximum atomic E-state index is 11.8. The molecule has 0 aromatic heterocycles. The van der Waals surface area contributed by atoms with Crippen molar-refractivity contribution in [3.8, 4) is 0 Å². The van der Waals surface area contributed by atoms with Gasteiger partial charge in [-0.05, 0) is 34.6 Å². The van der Waals surface area contributed by atoms with Crippen molar-refractivity contribution in [1.29, 1.82) is 0 Å². The minimum atomic E-state index is -0.603. The molecule has 0 spiro atoms. The summed E-state index contributed by atoms with van der Waals surface area (Å²) in [5, 5.41) is -0.218. The van der Waals surface area contributed by atoms with Crippen LogP contribution in [0.3, 0.4) is 0 Å². The zero-order valence-corrected chi connectivity index (χ0v) is 13.6. The molecule has 2 saturated heterocycles. The molecular weight excluding hydrogens is 280 g/mol. The van der Waals surface area contributed by atoms with Crippen LogP contribution in [0, 0.1) is 0 Å². The summed E-state index contributed by atoms with van der Waals surface area (Å²) in [6.45, 7) is 10.2. The van der Waals surface area contributed by atoms with E-state index >= 15 is 0 Å². The first-order valence-electron chi connectivity index (χ1n) is 6.94. The van der Waals surface area contributed by atoms with E-state index in [1.165, 1.54) is 0 Å². The molecule has 0 amide bonds. The zero-order chi connectivity index (χ0) is 15.0. The van der Waals surface area contributed by atoms with Gasteiger partial charge in [0.15, 0.2) is 11.6 Å². The summed E-state index contributed by atoms with van der Waals surface area (Å²) in [5.74, 6) is -0.298. The van der Waals surface area contributed by atoms with Gasteiger partial charge in [0.25, 0.3) is 0 Å². The molecular formula is C14H24O5S. The summed E-state index contributed by atoms with van der Waals surface area (Å²) < 4.78 is 22.6. The number of carbonyl (C=O) groups is 1. The van der Waals surface area contributed by atoms with Crippen molar-refractivity contribution >= 4 is 17.5 Å². The Labute approximate surface area is 124 Å². The SMILES string of the molecule is CC(=O)[C@@H](SC[C@@H]1COC(C)(C)O1)C1COC(C)(C)O1. The van der Waals surface area contributed by atoms with Crippen LogP contribution in [0.4, 0.5) is 0 Å². The van der Waals surface area contributed by atoms with Crippen LogP contribution in [0.15, 0.2) is 0 Å². The van der Waals surface area contributed by atoms with E-state index in [1.54, 1.807) is 18.7 Å². The second-order valence-corrected chi connectivity index (χ2v) is 7.36. The standard InChI is InChI=1S/C14H24O5S/c1-9(15)12(11-7-17-14(4,5)19-11)20-8-10-6-16-13(2,3)18-10/h10-12H,6-8H2,1-5H3/t10-,11?,12+/m0/s1. The lowest BCUT2D eigenvalue weighted by Gasteiger charge is -2.23. The molecule has 2 rings (SSSR count). The number of hydrogen-bond acceptors (Lipinski definition) is 6. The predicted octanol–water partition coefficient (Wildman–Crippen LogP) is 1.98. The van der Waals surface area contributed by atoms with Crippen molar-refractivity contribution in [2.75, 3.05) is 19.0 Å². The second-order valence-electron chi connectivity index (χ2n) is 6.18. The Morgan fingerprint density at radius 3 is 2.20 bits per heavy atom. The Kier molecular flexibility index (Phi) is 4.81. The molecule has 0 radical (unpaired) electrons. The average molecular weight is 304 g/mol. The lowest BCUT2D eigenvalue weighted by Crippen LogP contribution is -2.35. The van der Waals surface area contributed by atoms with Gasteiger partial charge in [-0.25, -0.2) is 0 Å². The van der Waals surface area contributed by atoms with Crippen molar-refractivity contribution in [3.05, 3.63) is 0 Å². The molecule has 3 atom stereocenters. The molecule has 2 fully saturated rings. The van der Waals surface area contributed by atoms with Crippen LogP contribution < -0.4 is 0 Å². The van der Waals surface area contributed by atoms with E-state index in [0.717, 1.165) is 0 Å². The molecule has 6 heteroatoms. The number of carbonyl (C=O) groups excluding carboxylic acids is 1. The van der Waals surface area contributed by atoms with Crippen LogP contribution in [0.1, 0.15) is 34.6 Å². The number of ether oxygens (including phenoxy) is 4. The van der Waals surface area contributed by atoms with Crippen molar-refractivity contribution in [1.82, 2.24) is 0 Å². The van der Waals surface area contributed by atoms with Crippen LogP contribution in [0.2, 0.25) is 0 Å². The van der Waals surface area contributed by atoms with E-state index in [4.69, 9.17) is 18.9 Å². The van der Waals surface area contributed by atoms with Crippen LogP contribution in [0.5, 0.6) is 0 Å². The van der Waals surface area contributed by atoms with Gasteiger partial charge < -0.3 is 18.9 Å². The quantitative estimate of drug-likeness (QED) is 0.774. The Hall–Kier alpha value is -0.140. The lowest BCUT2D eigenvalue weighted by molar-refractivity contribution is -0.141. The van der Waals surface area contributed by atoms with Gasteiger partial charge >= 0.3 is 0 Å². The number of ketones is 1. The third kappa shape index (κ3) is 4.18. The van der Waals surface area contributed by atoms with Crippen molar-refractivity contribution < 1.29 is 23.7 Å². The van der Waals surface area contributed by atoms with Crippen molar-refractivity contribution in [3.63, 3.8) is 0 Å². The monoisotopic (exact) mass is 304 g/mol. The van der Waals surface area contributed by atoms with Gasteiger partial charge in [-0.15, -0.1) is 11.8 Å². The largest absolute Gasteiger partial charge is 0.348 e. The zero-order valence-electron chi connectivity index (χ0n) is 12.8. The fraction of sp³-hybridized carbons (Fsp3) is 0.929. The summed E-state index contributed by atoms with van der Waals surface area (Å²) in [6.07, 6.45) is -0.171. The van der Waals surface area contributed by atoms with Gasteiger partial charge in [0.2, 0.25) is 0 Å². The molecule has 0 aliphatic carbocycles. The van der Waals surface area contributed by atoms with E-state index in [2.05, 4.69) is 0 Å². The molecule has 116 valence electrons. The predicted molar refractivity (Wildman–Crippen MR) is 76.7 cm³/mol. The van der Waals surface area contributed by atoms with Gasteiger partial charge in [0.1, 0.15) is 11.9 Å². The summed E-state index contributed by atoms with van der Waals surface area (Å²) in [6, 6.07) is 0. The first-order chi connectivity index (χ1) is 9.19. The normalized spacial score (nSPS) is 33.2. The average Bonchev–Trinajstić information content (AvgIpc) is 2.82. The molecule has 0 aromatic rings. The number of rotatable bonds is 5. The van der Waals surface area contributed by atoms with E-state index in [9.17, 15) is 4.79 Å². The Bertz CT molecular complexity index is 369. The third-order valence-corrected chi connectivity index (χ3v) is 4.86. The molecule has 0 bridgehead atoms. The Morgan fingerprint density at radius 1 is 1.15 bits per heavy atom. The van der Waals surface area contributed by atoms with E-state index in [1.807, 2.05) is 27.7 Å². The molecule has 2 heterocycles. The summed E-state index contributed by atoms with van der Waals surface area (Å²) in [4.78, 5) is 11.8. The molecule has 20 heavy (non-hydrogen) atoms. The van der Waals surface area contributed by atoms with Gasteiger partial charge in [0.05, 0.1) is 24.6 Å². The Morgan fingerprint density at radius 2 is 1.75 bits per heavy atom. The van der Waals surface area contributed by atoms with E-state index in [0.29, 0.717) is 19.0 Å². The molecule has 2 aliphatic rings. The van der Waals surface area contributed by atoms with Crippen LogP contribution in [0.25, 0.3) is 0 Å². The highest BCUT2D eigenvalue weighted by Crippen LogP contribution is 2.32. The van der Waals surface area contributed by atoms with Crippen molar-refractivity contribution in [2.24, 2.45) is 0 Å². The van der Waals surface area contributed by atoms with Crippen LogP contribution in [-0.4, -0.2) is 53.8 Å². The third-order valence-electron chi connectivity index (χ3n) is 3.30. The maximum absolute atomic E-state index is 11.8. The molecule has 0 saturated carbocycles. The first-order valence-corrected chi connectivity index (χ1v) is 7.99. The molecule has 5 nitrogen and oxygen atoms in total. The minimum absolute atomic E-state index is 0.0205. The second kappa shape index (κ2) is 5.93. The molecule has 0 N–H and O–H groups in total. The Balaban J connectivity index is 1.86. The van der Waals surface area contributed by atoms with Gasteiger partial charge in [-0.2, -0.15) is 0 Å². The summed E-state index contributed by atoms with van der Waals surface area (Å²) >= 11 is 1.57. The molecule has 0 aromatic carbocycles. The van der Waals surface area contributed by atoms with Crippen molar-refractivity contribution in [2.45, 2.75) is 63.7 Å². The highest BCUT2D eigenvalue weighted by molar-refractivity contribution is 8.00. The van der Waals surface area contributed by atoms with Gasteiger partial charge in [-0.3, -0.25) is 4.79 Å². The maximum Gasteiger partial charge on any atom is 0.163 e. The number of thioether (sulfide) groups is 1. The van der Waals surface area contributed by atoms with E-state index in [-0.39, 0.29) is 23.2 Å². The smallest absolute Gasteiger partial charge is 0.163 e. The minimum Gasteiger partial charge on any atom is -0.348 e. The summed E-state index contributed by atoms with van der Waals surface area (Å²) in [5.41, 5.74) is 0. The summed E-state index contributed by atoms with van der Waals surface area (Å²) in [7, 11) is 0. The molecule has 2 aliphatic heterocycles. The number of hydrogen-bond donors (Lipinski definition) is 0. The topological polar surface area (TPSA) is 54.0 Å². The fourth-order valence-corrected chi connectivity index (χ4v) is 3.58. The number of Topliss-reactive ketones (excluding diaryl/α,β-unsaturated/α-hetero) is 1. The van der Waals surface area contributed by atoms with Gasteiger partial charge in [0, 0.05) is 5.75 Å². The van der Waals surface area contributed by atoms with Crippen LogP contribution in [-0.2, 0) is 23.7 Å². The van der Waals surface area contributed by atoms with Crippen LogP contribution >= 0.6 is 11.8 Å². The van der Waals surface area contributed by atoms with Gasteiger partial charge in [-0.1, -0.05) is 0 Å². The molecule has 1 unspecified atom stereocenters. The highest BCUT2D eigenvalue weighted by Gasteiger charge is 2.40. The first kappa shape index (κ1) is 16.2. The lowest BCUT2D eigenvalue weighted by atomic mass is 10.2. The van der Waals surface area contributed by atoms with E-state index < -0.39 is 11.6 Å². The highest BCUT2D eigenvalue weighted by atomic mass is 32.2.